The first kappa shape index (κ1) is 48.4. The highest BCUT2D eigenvalue weighted by Gasteiger charge is 2.30. The van der Waals surface area contributed by atoms with Gasteiger partial charge in [-0.1, -0.05) is 180 Å². The van der Waals surface area contributed by atoms with E-state index in [0.29, 0.717) is 22.1 Å². The number of anilines is 6. The van der Waals surface area contributed by atoms with Crippen molar-refractivity contribution in [3.05, 3.63) is 203 Å². The van der Waals surface area contributed by atoms with Gasteiger partial charge in [0, 0.05) is 44.3 Å². The predicted molar refractivity (Wildman–Crippen MR) is 298 cm³/mol. The maximum atomic E-state index is 17.4. The van der Waals surface area contributed by atoms with Crippen molar-refractivity contribution in [3.8, 4) is 0 Å². The van der Waals surface area contributed by atoms with Crippen LogP contribution in [-0.4, -0.2) is 0 Å². The molecule has 0 heterocycles. The molecule has 0 amide bonds. The van der Waals surface area contributed by atoms with Crippen molar-refractivity contribution in [2.45, 2.75) is 105 Å². The van der Waals surface area contributed by atoms with Crippen LogP contribution in [0.1, 0.15) is 105 Å². The molecule has 10 aromatic rings. The third-order valence-corrected chi connectivity index (χ3v) is 14.5. The van der Waals surface area contributed by atoms with Crippen LogP contribution in [0.2, 0.25) is 0 Å². The molecule has 0 aromatic heterocycles. The second-order valence-corrected chi connectivity index (χ2v) is 23.6. The highest BCUT2D eigenvalue weighted by Crippen LogP contribution is 2.52. The fourth-order valence-corrected chi connectivity index (χ4v) is 10.4. The maximum absolute atomic E-state index is 17.4. The van der Waals surface area contributed by atoms with E-state index in [4.69, 9.17) is 0 Å². The van der Waals surface area contributed by atoms with Crippen LogP contribution in [0.3, 0.4) is 0 Å². The third-order valence-electron chi connectivity index (χ3n) is 14.5. The second-order valence-electron chi connectivity index (χ2n) is 23.6. The van der Waals surface area contributed by atoms with Gasteiger partial charge in [0.2, 0.25) is 0 Å². The van der Waals surface area contributed by atoms with Gasteiger partial charge in [0.1, 0.15) is 0 Å². The number of fused-ring (bicyclic) bond motifs is 10. The van der Waals surface area contributed by atoms with Crippen molar-refractivity contribution in [3.63, 3.8) is 0 Å². The minimum Gasteiger partial charge on any atom is -0.310 e. The summed E-state index contributed by atoms with van der Waals surface area (Å²) < 4.78 is 67.0. The van der Waals surface area contributed by atoms with Crippen LogP contribution in [-0.2, 0) is 21.7 Å². The predicted octanol–water partition coefficient (Wildman–Crippen LogP) is 20.1. The number of halogens is 4. The fraction of sp³-hybridized carbons (Fsp3) is 0.242. The molecule has 10 aromatic carbocycles. The normalized spacial score (nSPS) is 12.7. The molecule has 0 saturated heterocycles. The third kappa shape index (κ3) is 8.23. The first-order valence-corrected chi connectivity index (χ1v) is 24.9. The first-order chi connectivity index (χ1) is 33.9. The molecule has 0 radical (unpaired) electrons. The molecule has 72 heavy (non-hydrogen) atoms. The van der Waals surface area contributed by atoms with Gasteiger partial charge < -0.3 is 9.80 Å². The molecule has 0 unspecified atom stereocenters. The van der Waals surface area contributed by atoms with Gasteiger partial charge in [0.25, 0.3) is 0 Å². The van der Waals surface area contributed by atoms with Crippen molar-refractivity contribution in [2.24, 2.45) is 0 Å². The van der Waals surface area contributed by atoms with E-state index in [1.54, 1.807) is 0 Å². The summed E-state index contributed by atoms with van der Waals surface area (Å²) in [6.07, 6.45) is 0. The molecule has 0 N–H and O–H groups in total. The van der Waals surface area contributed by atoms with Crippen molar-refractivity contribution >= 4 is 88.0 Å². The van der Waals surface area contributed by atoms with Gasteiger partial charge >= 0.3 is 0 Å². The average Bonchev–Trinajstić information content (AvgIpc) is 3.34. The van der Waals surface area contributed by atoms with E-state index >= 15 is 17.6 Å². The van der Waals surface area contributed by atoms with E-state index in [1.807, 2.05) is 60.7 Å². The Hall–Kier alpha value is -7.18. The second kappa shape index (κ2) is 17.3. The Kier molecular flexibility index (Phi) is 11.6. The summed E-state index contributed by atoms with van der Waals surface area (Å²) in [6, 6.07) is 53.2. The Morgan fingerprint density at radius 1 is 0.264 bits per heavy atom. The molecule has 0 aliphatic carbocycles. The lowest BCUT2D eigenvalue weighted by atomic mass is 9.85. The number of nitrogens with zero attached hydrogens (tertiary/aromatic N) is 2. The quantitative estimate of drug-likeness (QED) is 0.0709. The van der Waals surface area contributed by atoms with Crippen LogP contribution >= 0.6 is 0 Å². The Balaban J connectivity index is 1.36. The molecule has 6 heteroatoms. The summed E-state index contributed by atoms with van der Waals surface area (Å²) in [4.78, 5) is 4.25. The minimum absolute atomic E-state index is 0.109. The Morgan fingerprint density at radius 2 is 0.500 bits per heavy atom. The summed E-state index contributed by atoms with van der Waals surface area (Å²) in [5, 5.41) is 4.22. The Bertz CT molecular complexity index is 3370. The van der Waals surface area contributed by atoms with Crippen LogP contribution in [0.4, 0.5) is 51.7 Å². The zero-order valence-electron chi connectivity index (χ0n) is 43.4. The van der Waals surface area contributed by atoms with E-state index in [0.717, 1.165) is 66.5 Å². The lowest BCUT2D eigenvalue weighted by Crippen LogP contribution is -2.15. The molecule has 0 aliphatic rings. The summed E-state index contributed by atoms with van der Waals surface area (Å²) >= 11 is 0. The lowest BCUT2D eigenvalue weighted by Gasteiger charge is -2.31. The van der Waals surface area contributed by atoms with E-state index in [9.17, 15) is 0 Å². The van der Waals surface area contributed by atoms with Crippen LogP contribution in [0.15, 0.2) is 158 Å². The zero-order chi connectivity index (χ0) is 51.4. The van der Waals surface area contributed by atoms with Gasteiger partial charge in [0.15, 0.2) is 23.3 Å². The Morgan fingerprint density at radius 3 is 0.736 bits per heavy atom. The Labute approximate surface area is 421 Å². The molecule has 0 fully saturated rings. The van der Waals surface area contributed by atoms with Gasteiger partial charge in [-0.3, -0.25) is 0 Å². The molecule has 364 valence electrons. The summed E-state index contributed by atoms with van der Waals surface area (Å²) in [6.45, 7) is 26.1. The molecule has 0 aliphatic heterocycles. The van der Waals surface area contributed by atoms with Crippen LogP contribution < -0.4 is 9.80 Å². The van der Waals surface area contributed by atoms with Crippen molar-refractivity contribution < 1.29 is 17.6 Å². The maximum Gasteiger partial charge on any atom is 0.198 e. The van der Waals surface area contributed by atoms with Crippen molar-refractivity contribution in [2.75, 3.05) is 9.80 Å². The number of hydrogen-bond donors (Lipinski definition) is 0. The number of hydrogen-bond acceptors (Lipinski definition) is 2. The van der Waals surface area contributed by atoms with Crippen molar-refractivity contribution in [1.29, 1.82) is 0 Å². The largest absolute Gasteiger partial charge is 0.310 e. The first-order valence-electron chi connectivity index (χ1n) is 24.9. The highest BCUT2D eigenvalue weighted by atomic mass is 19.2. The molecule has 0 bridgehead atoms. The van der Waals surface area contributed by atoms with Crippen LogP contribution in [0, 0.1) is 23.3 Å². The highest BCUT2D eigenvalue weighted by molar-refractivity contribution is 6.39. The van der Waals surface area contributed by atoms with Gasteiger partial charge in [-0.15, -0.1) is 0 Å². The van der Waals surface area contributed by atoms with Crippen LogP contribution in [0.5, 0.6) is 0 Å². The van der Waals surface area contributed by atoms with E-state index < -0.39 is 23.3 Å². The SMILES string of the molecule is CC(C)(C)c1ccc(N(c2ccc(C(C)(C)C)cc2)c2cc3c4c(F)c(F)c(F)c(F)c4c4cc(N(c5ccc(C(C)(C)C)cc5)c5ccc(C(C)(C)C)cc5)c5ccccc5c4c3c3ccccc23)cc1. The van der Waals surface area contributed by atoms with Crippen LogP contribution in [0.25, 0.3) is 53.9 Å². The van der Waals surface area contributed by atoms with Gasteiger partial charge in [-0.05, 0) is 137 Å². The fourth-order valence-electron chi connectivity index (χ4n) is 10.4. The molecule has 0 saturated carbocycles. The monoisotopic (exact) mass is 958 g/mol. The average molecular weight is 959 g/mol. The van der Waals surface area contributed by atoms with Gasteiger partial charge in [-0.2, -0.15) is 0 Å². The minimum atomic E-state index is -1.86. The summed E-state index contributed by atoms with van der Waals surface area (Å²) in [7, 11) is 0. The van der Waals surface area contributed by atoms with Crippen molar-refractivity contribution in [1.82, 2.24) is 0 Å². The molecular weight excluding hydrogens is 897 g/mol. The summed E-state index contributed by atoms with van der Waals surface area (Å²) in [5.74, 6) is -6.61. The molecule has 2 nitrogen and oxygen atoms in total. The molecule has 10 rings (SSSR count). The standard InChI is InChI=1S/C66H62F4N2/c1-63(2,3)39-21-29-43(30-22-39)71(44-31-23-40(24-32-44)64(4,5)6)53-37-51-55(49-19-15-13-17-47(49)53)56-50-20-16-14-18-48(50)54(38-52(56)58-57(51)59(67)61(69)62(70)60(58)68)72(45-33-25-41(26-34-45)65(7,8)9)46-35-27-42(28-36-46)66(10,11)12/h13-38H,1-12H3. The number of benzene rings is 10. The van der Waals surface area contributed by atoms with Gasteiger partial charge in [0.05, 0.1) is 11.4 Å². The van der Waals surface area contributed by atoms with Gasteiger partial charge in [-0.25, -0.2) is 17.6 Å². The molecular formula is C66H62F4N2. The lowest BCUT2D eigenvalue weighted by molar-refractivity contribution is 0.418. The molecule has 0 spiro atoms. The smallest absolute Gasteiger partial charge is 0.198 e. The molecule has 0 atom stereocenters. The summed E-state index contributed by atoms with van der Waals surface area (Å²) in [5.41, 5.74) is 8.86. The zero-order valence-corrected chi connectivity index (χ0v) is 43.4. The topological polar surface area (TPSA) is 6.48 Å². The number of rotatable bonds is 6. The van der Waals surface area contributed by atoms with E-state index in [2.05, 4.69) is 190 Å². The van der Waals surface area contributed by atoms with E-state index in [1.165, 1.54) is 0 Å². The van der Waals surface area contributed by atoms with E-state index in [-0.39, 0.29) is 43.2 Å².